The molecule has 0 fully saturated rings. The van der Waals surface area contributed by atoms with Gasteiger partial charge < -0.3 is 5.73 Å². The Balaban J connectivity index is 2.93. The summed E-state index contributed by atoms with van der Waals surface area (Å²) in [6.45, 7) is 4.95. The van der Waals surface area contributed by atoms with Crippen molar-refractivity contribution in [1.82, 2.24) is 0 Å². The maximum atomic E-state index is 12.4. The molecule has 90 valence electrons. The molecule has 0 aliphatic heterocycles. The van der Waals surface area contributed by atoms with Gasteiger partial charge in [0.15, 0.2) is 0 Å². The van der Waals surface area contributed by atoms with Crippen LogP contribution in [0.25, 0.3) is 0 Å². The predicted molar refractivity (Wildman–Crippen MR) is 69.9 cm³/mol. The molecule has 0 saturated heterocycles. The maximum Gasteiger partial charge on any atom is 0.0568 e. The summed E-state index contributed by atoms with van der Waals surface area (Å²) in [4.78, 5) is 0. The van der Waals surface area contributed by atoms with Crippen LogP contribution in [0.3, 0.4) is 0 Å². The van der Waals surface area contributed by atoms with Gasteiger partial charge in [0.25, 0.3) is 0 Å². The second-order valence-electron chi connectivity index (χ2n) is 3.84. The standard InChI is InChI=1S/C12H20N2OS/c1-3-14-16(15,8-7-13)10-12-6-4-5-11(2)9-12/h4-6,9H,3,7-8,10,13H2,1-2H3. The van der Waals surface area contributed by atoms with Crippen molar-refractivity contribution in [3.8, 4) is 0 Å². The first-order chi connectivity index (χ1) is 7.59. The van der Waals surface area contributed by atoms with Gasteiger partial charge in [0.2, 0.25) is 0 Å². The number of hydrogen-bond acceptors (Lipinski definition) is 3. The highest BCUT2D eigenvalue weighted by molar-refractivity contribution is 7.92. The van der Waals surface area contributed by atoms with Crippen LogP contribution in [0.5, 0.6) is 0 Å². The van der Waals surface area contributed by atoms with Crippen molar-refractivity contribution in [2.24, 2.45) is 10.1 Å². The van der Waals surface area contributed by atoms with Gasteiger partial charge in [-0.05, 0) is 19.4 Å². The lowest BCUT2D eigenvalue weighted by Gasteiger charge is -2.09. The van der Waals surface area contributed by atoms with Gasteiger partial charge in [-0.1, -0.05) is 29.8 Å². The third kappa shape index (κ3) is 3.94. The van der Waals surface area contributed by atoms with E-state index in [2.05, 4.69) is 10.4 Å². The molecule has 1 aromatic carbocycles. The maximum absolute atomic E-state index is 12.4. The second-order valence-corrected chi connectivity index (χ2v) is 6.34. The Labute approximate surface area is 98.2 Å². The lowest BCUT2D eigenvalue weighted by atomic mass is 10.2. The molecule has 1 rings (SSSR count). The third-order valence-electron chi connectivity index (χ3n) is 2.28. The molecule has 0 aliphatic carbocycles. The Morgan fingerprint density at radius 1 is 1.44 bits per heavy atom. The fraction of sp³-hybridized carbons (Fsp3) is 0.500. The van der Waals surface area contributed by atoms with Gasteiger partial charge >= 0.3 is 0 Å². The van der Waals surface area contributed by atoms with E-state index in [1.165, 1.54) is 5.56 Å². The number of nitrogens with two attached hydrogens (primary N) is 1. The van der Waals surface area contributed by atoms with Crippen LogP contribution < -0.4 is 5.73 Å². The normalized spacial score (nSPS) is 14.4. The van der Waals surface area contributed by atoms with Gasteiger partial charge in [-0.15, -0.1) is 0 Å². The predicted octanol–water partition coefficient (Wildman–Crippen LogP) is 1.94. The Bertz CT molecular complexity index is 448. The van der Waals surface area contributed by atoms with E-state index < -0.39 is 9.73 Å². The van der Waals surface area contributed by atoms with E-state index in [-0.39, 0.29) is 0 Å². The quantitative estimate of drug-likeness (QED) is 0.855. The molecule has 2 N–H and O–H groups in total. The Kier molecular flexibility index (Phi) is 4.96. The molecule has 0 spiro atoms. The Morgan fingerprint density at radius 2 is 2.19 bits per heavy atom. The zero-order valence-corrected chi connectivity index (χ0v) is 10.8. The van der Waals surface area contributed by atoms with E-state index in [4.69, 9.17) is 5.73 Å². The summed E-state index contributed by atoms with van der Waals surface area (Å²) in [6, 6.07) is 8.07. The first-order valence-corrected chi connectivity index (χ1v) is 7.39. The summed E-state index contributed by atoms with van der Waals surface area (Å²) >= 11 is 0. The van der Waals surface area contributed by atoms with Gasteiger partial charge in [0.05, 0.1) is 15.5 Å². The number of aryl methyl sites for hydroxylation is 1. The molecule has 0 amide bonds. The average Bonchev–Trinajstić information content (AvgIpc) is 2.17. The number of rotatable bonds is 5. The van der Waals surface area contributed by atoms with Crippen LogP contribution in [0.15, 0.2) is 28.6 Å². The smallest absolute Gasteiger partial charge is 0.0568 e. The molecule has 1 aromatic rings. The monoisotopic (exact) mass is 240 g/mol. The van der Waals surface area contributed by atoms with E-state index in [9.17, 15) is 4.21 Å². The molecule has 1 atom stereocenters. The van der Waals surface area contributed by atoms with Gasteiger partial charge in [0.1, 0.15) is 0 Å². The summed E-state index contributed by atoms with van der Waals surface area (Å²) in [7, 11) is -2.16. The van der Waals surface area contributed by atoms with E-state index in [0.29, 0.717) is 24.6 Å². The van der Waals surface area contributed by atoms with Crippen molar-refractivity contribution in [1.29, 1.82) is 0 Å². The molecule has 4 heteroatoms. The number of hydrogen-bond donors (Lipinski definition) is 1. The molecule has 0 aliphatic rings. The van der Waals surface area contributed by atoms with Crippen LogP contribution in [0.1, 0.15) is 18.1 Å². The molecule has 0 radical (unpaired) electrons. The van der Waals surface area contributed by atoms with E-state index in [1.807, 2.05) is 32.0 Å². The van der Waals surface area contributed by atoms with Crippen molar-refractivity contribution in [2.45, 2.75) is 19.6 Å². The minimum Gasteiger partial charge on any atom is -0.330 e. The fourth-order valence-electron chi connectivity index (χ4n) is 1.66. The van der Waals surface area contributed by atoms with Gasteiger partial charge in [-0.2, -0.15) is 0 Å². The van der Waals surface area contributed by atoms with Crippen LogP contribution in [0.4, 0.5) is 0 Å². The largest absolute Gasteiger partial charge is 0.330 e. The molecule has 0 bridgehead atoms. The van der Waals surface area contributed by atoms with Crippen LogP contribution in [0, 0.1) is 6.92 Å². The van der Waals surface area contributed by atoms with Crippen molar-refractivity contribution in [3.63, 3.8) is 0 Å². The van der Waals surface area contributed by atoms with E-state index in [0.717, 1.165) is 5.56 Å². The molecule has 3 nitrogen and oxygen atoms in total. The summed E-state index contributed by atoms with van der Waals surface area (Å²) in [6.07, 6.45) is 0. The van der Waals surface area contributed by atoms with Crippen LogP contribution in [-0.4, -0.2) is 23.1 Å². The second kappa shape index (κ2) is 6.01. The lowest BCUT2D eigenvalue weighted by molar-refractivity contribution is 0.674. The highest BCUT2D eigenvalue weighted by atomic mass is 32.2. The average molecular weight is 240 g/mol. The molecular weight excluding hydrogens is 220 g/mol. The molecule has 0 heterocycles. The molecule has 0 aromatic heterocycles. The van der Waals surface area contributed by atoms with Crippen LogP contribution in [-0.2, 0) is 15.5 Å². The highest BCUT2D eigenvalue weighted by Gasteiger charge is 2.08. The summed E-state index contributed by atoms with van der Waals surface area (Å²) in [5.74, 6) is 0.995. The topological polar surface area (TPSA) is 55.5 Å². The van der Waals surface area contributed by atoms with Gasteiger partial charge in [0, 0.05) is 18.8 Å². The Morgan fingerprint density at radius 3 is 2.75 bits per heavy atom. The van der Waals surface area contributed by atoms with Gasteiger partial charge in [-0.25, -0.2) is 8.57 Å². The fourth-order valence-corrected chi connectivity index (χ4v) is 3.57. The summed E-state index contributed by atoms with van der Waals surface area (Å²) < 4.78 is 16.6. The molecule has 16 heavy (non-hydrogen) atoms. The summed E-state index contributed by atoms with van der Waals surface area (Å²) in [5, 5.41) is 0. The summed E-state index contributed by atoms with van der Waals surface area (Å²) in [5.41, 5.74) is 7.75. The zero-order chi connectivity index (χ0) is 12.0. The van der Waals surface area contributed by atoms with Crippen molar-refractivity contribution >= 4 is 9.73 Å². The van der Waals surface area contributed by atoms with Crippen molar-refractivity contribution in [2.75, 3.05) is 18.8 Å². The van der Waals surface area contributed by atoms with E-state index >= 15 is 0 Å². The minimum absolute atomic E-state index is 0.425. The highest BCUT2D eigenvalue weighted by Crippen LogP contribution is 2.11. The molecular formula is C12H20N2OS. The first kappa shape index (κ1) is 13.2. The lowest BCUT2D eigenvalue weighted by Crippen LogP contribution is -2.17. The minimum atomic E-state index is -2.16. The zero-order valence-electron chi connectivity index (χ0n) is 9.98. The van der Waals surface area contributed by atoms with Crippen molar-refractivity contribution < 1.29 is 4.21 Å². The van der Waals surface area contributed by atoms with Crippen LogP contribution in [0.2, 0.25) is 0 Å². The third-order valence-corrected chi connectivity index (χ3v) is 4.66. The number of nitrogens with zero attached hydrogens (tertiary/aromatic N) is 1. The Hall–Kier alpha value is -0.870. The van der Waals surface area contributed by atoms with E-state index in [1.54, 1.807) is 0 Å². The molecule has 0 saturated carbocycles. The SMILES string of the molecule is CCN=S(=O)(CCN)Cc1cccc(C)c1. The van der Waals surface area contributed by atoms with Crippen molar-refractivity contribution in [3.05, 3.63) is 35.4 Å². The number of benzene rings is 1. The van der Waals surface area contributed by atoms with Crippen LogP contribution >= 0.6 is 0 Å². The first-order valence-electron chi connectivity index (χ1n) is 5.53. The molecule has 1 unspecified atom stereocenters. The van der Waals surface area contributed by atoms with Gasteiger partial charge in [-0.3, -0.25) is 0 Å².